The van der Waals surface area contributed by atoms with Crippen LogP contribution in [0.5, 0.6) is 5.75 Å². The van der Waals surface area contributed by atoms with E-state index in [4.69, 9.17) is 9.84 Å². The monoisotopic (exact) mass is 313 g/mol. The van der Waals surface area contributed by atoms with E-state index in [0.29, 0.717) is 12.3 Å². The highest BCUT2D eigenvalue weighted by molar-refractivity contribution is 5.80. The molecule has 2 N–H and O–H groups in total. The summed E-state index contributed by atoms with van der Waals surface area (Å²) in [6.07, 6.45) is 1.26. The second kappa shape index (κ2) is 8.96. The molecule has 1 unspecified atom stereocenters. The smallest absolute Gasteiger partial charge is 0.260 e. The zero-order chi connectivity index (χ0) is 16.5. The normalized spacial score (nSPS) is 11.7. The van der Waals surface area contributed by atoms with Crippen LogP contribution in [0.4, 0.5) is 0 Å². The first-order chi connectivity index (χ1) is 11.2. The number of aliphatic hydroxyl groups is 1. The fourth-order valence-corrected chi connectivity index (χ4v) is 2.27. The number of rotatable bonds is 8. The Morgan fingerprint density at radius 3 is 2.61 bits per heavy atom. The van der Waals surface area contributed by atoms with Crippen LogP contribution in [0.2, 0.25) is 0 Å². The van der Waals surface area contributed by atoms with E-state index in [2.05, 4.69) is 17.4 Å². The topological polar surface area (TPSA) is 58.6 Å². The van der Waals surface area contributed by atoms with E-state index in [9.17, 15) is 4.79 Å². The average Bonchev–Trinajstić information content (AvgIpc) is 2.59. The first-order valence-electron chi connectivity index (χ1n) is 7.87. The average molecular weight is 313 g/mol. The van der Waals surface area contributed by atoms with Crippen molar-refractivity contribution in [3.05, 3.63) is 65.7 Å². The molecule has 0 aliphatic carbocycles. The molecule has 0 aliphatic heterocycles. The number of hydrogen-bond donors (Lipinski definition) is 2. The van der Waals surface area contributed by atoms with Gasteiger partial charge in [-0.2, -0.15) is 0 Å². The molecule has 122 valence electrons. The molecule has 2 aromatic rings. The highest BCUT2D eigenvalue weighted by Gasteiger charge is 2.14. The van der Waals surface area contributed by atoms with Gasteiger partial charge in [0.05, 0.1) is 6.61 Å². The van der Waals surface area contributed by atoms with E-state index in [1.54, 1.807) is 31.2 Å². The van der Waals surface area contributed by atoms with E-state index < -0.39 is 6.10 Å². The molecule has 2 rings (SSSR count). The van der Waals surface area contributed by atoms with Gasteiger partial charge < -0.3 is 15.2 Å². The van der Waals surface area contributed by atoms with E-state index >= 15 is 0 Å². The highest BCUT2D eigenvalue weighted by atomic mass is 16.5. The van der Waals surface area contributed by atoms with Gasteiger partial charge in [-0.15, -0.1) is 0 Å². The van der Waals surface area contributed by atoms with E-state index in [1.807, 2.05) is 18.2 Å². The van der Waals surface area contributed by atoms with Gasteiger partial charge in [0.15, 0.2) is 6.10 Å². The van der Waals surface area contributed by atoms with Crippen molar-refractivity contribution in [2.24, 2.45) is 0 Å². The summed E-state index contributed by atoms with van der Waals surface area (Å²) in [7, 11) is 0. The maximum atomic E-state index is 12.0. The number of hydrogen-bond acceptors (Lipinski definition) is 3. The molecule has 0 heterocycles. The second-order valence-electron chi connectivity index (χ2n) is 5.45. The Bertz CT molecular complexity index is 613. The zero-order valence-electron chi connectivity index (χ0n) is 13.4. The van der Waals surface area contributed by atoms with Crippen LogP contribution >= 0.6 is 0 Å². The Kier molecular flexibility index (Phi) is 6.63. The van der Waals surface area contributed by atoms with Crippen molar-refractivity contribution in [3.63, 3.8) is 0 Å². The molecule has 4 nitrogen and oxygen atoms in total. The lowest BCUT2D eigenvalue weighted by Crippen LogP contribution is -2.36. The van der Waals surface area contributed by atoms with Crippen LogP contribution in [0.1, 0.15) is 24.5 Å². The fourth-order valence-electron chi connectivity index (χ4n) is 2.27. The lowest BCUT2D eigenvalue weighted by atomic mass is 10.1. The summed E-state index contributed by atoms with van der Waals surface area (Å²) < 4.78 is 5.61. The zero-order valence-corrected chi connectivity index (χ0v) is 13.4. The van der Waals surface area contributed by atoms with E-state index in [1.165, 1.54) is 5.56 Å². The van der Waals surface area contributed by atoms with Gasteiger partial charge in [-0.05, 0) is 43.0 Å². The number of ether oxygens (including phenoxy) is 1. The Morgan fingerprint density at radius 1 is 1.13 bits per heavy atom. The number of carbonyl (C=O) groups is 1. The third-order valence-corrected chi connectivity index (χ3v) is 3.55. The van der Waals surface area contributed by atoms with Crippen molar-refractivity contribution in [3.8, 4) is 5.75 Å². The van der Waals surface area contributed by atoms with Crippen LogP contribution in [0.15, 0.2) is 54.6 Å². The maximum Gasteiger partial charge on any atom is 0.260 e. The van der Waals surface area contributed by atoms with Crippen molar-refractivity contribution in [1.82, 2.24) is 5.32 Å². The summed E-state index contributed by atoms with van der Waals surface area (Å²) in [5, 5.41) is 12.0. The van der Waals surface area contributed by atoms with Crippen LogP contribution in [0, 0.1) is 0 Å². The van der Waals surface area contributed by atoms with Crippen LogP contribution in [-0.4, -0.2) is 23.7 Å². The van der Waals surface area contributed by atoms with Crippen molar-refractivity contribution in [2.75, 3.05) is 6.54 Å². The summed E-state index contributed by atoms with van der Waals surface area (Å²) in [4.78, 5) is 12.0. The summed E-state index contributed by atoms with van der Waals surface area (Å²) in [6.45, 7) is 2.30. The molecule has 0 fully saturated rings. The van der Waals surface area contributed by atoms with Crippen LogP contribution in [0.25, 0.3) is 0 Å². The molecule has 0 radical (unpaired) electrons. The molecule has 1 atom stereocenters. The lowest BCUT2D eigenvalue weighted by molar-refractivity contribution is -0.127. The highest BCUT2D eigenvalue weighted by Crippen LogP contribution is 2.15. The molecule has 4 heteroatoms. The third-order valence-electron chi connectivity index (χ3n) is 3.55. The van der Waals surface area contributed by atoms with Gasteiger partial charge in [-0.3, -0.25) is 4.79 Å². The summed E-state index contributed by atoms with van der Waals surface area (Å²) in [5.74, 6) is 0.455. The Morgan fingerprint density at radius 2 is 1.87 bits per heavy atom. The molecule has 0 saturated heterocycles. The largest absolute Gasteiger partial charge is 0.481 e. The number of amides is 1. The van der Waals surface area contributed by atoms with Gasteiger partial charge in [0.2, 0.25) is 0 Å². The second-order valence-corrected chi connectivity index (χ2v) is 5.45. The first kappa shape index (κ1) is 17.0. The number of aliphatic hydroxyl groups excluding tert-OH is 1. The van der Waals surface area contributed by atoms with Crippen LogP contribution in [-0.2, 0) is 17.8 Å². The minimum atomic E-state index is -0.569. The van der Waals surface area contributed by atoms with Crippen molar-refractivity contribution >= 4 is 5.91 Å². The SMILES string of the molecule is CC(Oc1cccc(CO)c1)C(=O)NCCCc1ccccc1. The van der Waals surface area contributed by atoms with Crippen LogP contribution < -0.4 is 10.1 Å². The molecule has 0 bridgehead atoms. The third kappa shape index (κ3) is 5.75. The minimum absolute atomic E-state index is 0.0444. The number of carbonyl (C=O) groups excluding carboxylic acids is 1. The number of nitrogens with one attached hydrogen (secondary N) is 1. The summed E-state index contributed by atoms with van der Waals surface area (Å²) in [5.41, 5.74) is 2.03. The Labute approximate surface area is 137 Å². The Balaban J connectivity index is 1.72. The van der Waals surface area contributed by atoms with Crippen molar-refractivity contribution in [1.29, 1.82) is 0 Å². The van der Waals surface area contributed by atoms with Crippen LogP contribution in [0.3, 0.4) is 0 Å². The molecule has 0 saturated carbocycles. The summed E-state index contributed by atoms with van der Waals surface area (Å²) in [6, 6.07) is 17.3. The fraction of sp³-hybridized carbons (Fsp3) is 0.316. The predicted octanol–water partition coefficient (Wildman–Crippen LogP) is 2.70. The predicted molar refractivity (Wildman–Crippen MR) is 90.2 cm³/mol. The quantitative estimate of drug-likeness (QED) is 0.737. The molecule has 0 aromatic heterocycles. The molecule has 1 amide bonds. The van der Waals surface area contributed by atoms with Gasteiger partial charge in [0, 0.05) is 6.54 Å². The molecule has 23 heavy (non-hydrogen) atoms. The standard InChI is InChI=1S/C19H23NO3/c1-15(23-18-11-5-9-17(13-18)14-21)19(22)20-12-6-10-16-7-3-2-4-8-16/h2-5,7-9,11,13,15,21H,6,10,12,14H2,1H3,(H,20,22). The molecular formula is C19H23NO3. The van der Waals surface area contributed by atoms with E-state index in [-0.39, 0.29) is 12.5 Å². The van der Waals surface area contributed by atoms with Gasteiger partial charge in [0.1, 0.15) is 5.75 Å². The minimum Gasteiger partial charge on any atom is -0.481 e. The number of benzene rings is 2. The van der Waals surface area contributed by atoms with Gasteiger partial charge >= 0.3 is 0 Å². The van der Waals surface area contributed by atoms with Gasteiger partial charge in [-0.25, -0.2) is 0 Å². The van der Waals surface area contributed by atoms with Gasteiger partial charge in [0.25, 0.3) is 5.91 Å². The molecule has 2 aromatic carbocycles. The summed E-state index contributed by atoms with van der Waals surface area (Å²) >= 11 is 0. The van der Waals surface area contributed by atoms with Crippen molar-refractivity contribution < 1.29 is 14.6 Å². The van der Waals surface area contributed by atoms with Gasteiger partial charge in [-0.1, -0.05) is 42.5 Å². The Hall–Kier alpha value is -2.33. The first-order valence-corrected chi connectivity index (χ1v) is 7.87. The maximum absolute atomic E-state index is 12.0. The molecule has 0 aliphatic rings. The lowest BCUT2D eigenvalue weighted by Gasteiger charge is -2.15. The van der Waals surface area contributed by atoms with E-state index in [0.717, 1.165) is 18.4 Å². The molecule has 0 spiro atoms. The number of aryl methyl sites for hydroxylation is 1. The van der Waals surface area contributed by atoms with Crippen molar-refractivity contribution in [2.45, 2.75) is 32.5 Å². The molecular weight excluding hydrogens is 290 g/mol.